The van der Waals surface area contributed by atoms with Gasteiger partial charge >= 0.3 is 0 Å². The highest BCUT2D eigenvalue weighted by molar-refractivity contribution is 7.89. The van der Waals surface area contributed by atoms with Crippen LogP contribution in [0.2, 0.25) is 5.02 Å². The lowest BCUT2D eigenvalue weighted by Gasteiger charge is -2.19. The second kappa shape index (κ2) is 6.55. The topological polar surface area (TPSA) is 89.3 Å². The van der Waals surface area contributed by atoms with Crippen molar-refractivity contribution in [1.29, 1.82) is 0 Å². The highest BCUT2D eigenvalue weighted by Crippen LogP contribution is 2.42. The molecule has 1 unspecified atom stereocenters. The zero-order chi connectivity index (χ0) is 17.3. The van der Waals surface area contributed by atoms with Crippen molar-refractivity contribution in [2.24, 2.45) is 11.7 Å². The first kappa shape index (κ1) is 17.0. The molecule has 0 spiro atoms. The van der Waals surface area contributed by atoms with E-state index in [-0.39, 0.29) is 22.4 Å². The number of amides is 1. The third kappa shape index (κ3) is 3.77. The minimum Gasteiger partial charge on any atom is -0.366 e. The molecule has 2 aromatic carbocycles. The molecule has 1 aliphatic carbocycles. The lowest BCUT2D eigenvalue weighted by molar-refractivity contribution is 0.1000. The molecule has 5 nitrogen and oxygen atoms in total. The van der Waals surface area contributed by atoms with Gasteiger partial charge in [-0.05, 0) is 60.7 Å². The van der Waals surface area contributed by atoms with Crippen molar-refractivity contribution in [2.45, 2.75) is 23.8 Å². The molecule has 1 atom stereocenters. The zero-order valence-corrected chi connectivity index (χ0v) is 14.3. The Balaban J connectivity index is 1.85. The Morgan fingerprint density at radius 3 is 2.17 bits per heavy atom. The standard InChI is InChI=1S/C17H17ClN2O3S/c18-14-7-3-12(4-8-14)16(11-1-2-11)20-24(22,23)15-9-5-13(6-10-15)17(19)21/h3-11,16,20H,1-2H2,(H2,19,21). The molecule has 3 N–H and O–H groups in total. The Kier molecular flexibility index (Phi) is 4.62. The molecule has 1 amide bonds. The van der Waals surface area contributed by atoms with Crippen LogP contribution in [0.1, 0.15) is 34.8 Å². The number of nitrogens with two attached hydrogens (primary N) is 1. The molecule has 0 saturated heterocycles. The van der Waals surface area contributed by atoms with Crippen LogP contribution in [0.25, 0.3) is 0 Å². The van der Waals surface area contributed by atoms with Gasteiger partial charge in [0.05, 0.1) is 4.90 Å². The van der Waals surface area contributed by atoms with Crippen molar-refractivity contribution >= 4 is 27.5 Å². The Bertz CT molecular complexity index is 844. The Morgan fingerprint density at radius 1 is 1.08 bits per heavy atom. The molecule has 3 rings (SSSR count). The van der Waals surface area contributed by atoms with E-state index in [0.717, 1.165) is 18.4 Å². The molecular formula is C17H17ClN2O3S. The van der Waals surface area contributed by atoms with Crippen molar-refractivity contribution in [3.8, 4) is 0 Å². The summed E-state index contributed by atoms with van der Waals surface area (Å²) in [4.78, 5) is 11.2. The summed E-state index contributed by atoms with van der Waals surface area (Å²) in [6, 6.07) is 12.5. The van der Waals surface area contributed by atoms with Crippen LogP contribution >= 0.6 is 11.6 Å². The average Bonchev–Trinajstić information content (AvgIpc) is 3.38. The van der Waals surface area contributed by atoms with Gasteiger partial charge in [-0.25, -0.2) is 13.1 Å². The summed E-state index contributed by atoms with van der Waals surface area (Å²) in [5, 5.41) is 0.609. The van der Waals surface area contributed by atoms with E-state index >= 15 is 0 Å². The van der Waals surface area contributed by atoms with Crippen LogP contribution in [0.3, 0.4) is 0 Å². The Hall–Kier alpha value is -1.89. The molecule has 1 fully saturated rings. The van der Waals surface area contributed by atoms with Gasteiger partial charge in [-0.15, -0.1) is 0 Å². The normalized spacial score (nSPS) is 15.9. The van der Waals surface area contributed by atoms with E-state index in [1.54, 1.807) is 12.1 Å². The van der Waals surface area contributed by atoms with Crippen LogP contribution in [-0.2, 0) is 10.0 Å². The largest absolute Gasteiger partial charge is 0.366 e. The number of carbonyl (C=O) groups excluding carboxylic acids is 1. The summed E-state index contributed by atoms with van der Waals surface area (Å²) in [5.41, 5.74) is 6.33. The van der Waals surface area contributed by atoms with Gasteiger partial charge in [0.1, 0.15) is 0 Å². The molecule has 7 heteroatoms. The lowest BCUT2D eigenvalue weighted by atomic mass is 10.0. The average molecular weight is 365 g/mol. The van der Waals surface area contributed by atoms with E-state index in [0.29, 0.717) is 5.02 Å². The number of rotatable bonds is 6. The van der Waals surface area contributed by atoms with Crippen molar-refractivity contribution in [1.82, 2.24) is 4.72 Å². The third-order valence-electron chi connectivity index (χ3n) is 4.05. The lowest BCUT2D eigenvalue weighted by Crippen LogP contribution is -2.30. The second-order valence-corrected chi connectivity index (χ2v) is 8.03. The van der Waals surface area contributed by atoms with Crippen LogP contribution in [0.15, 0.2) is 53.4 Å². The maximum absolute atomic E-state index is 12.6. The molecule has 2 aromatic rings. The van der Waals surface area contributed by atoms with E-state index in [1.165, 1.54) is 24.3 Å². The summed E-state index contributed by atoms with van der Waals surface area (Å²) < 4.78 is 28.1. The summed E-state index contributed by atoms with van der Waals surface area (Å²) in [6.07, 6.45) is 1.97. The monoisotopic (exact) mass is 364 g/mol. The zero-order valence-electron chi connectivity index (χ0n) is 12.8. The minimum atomic E-state index is -3.70. The molecule has 1 saturated carbocycles. The molecular weight excluding hydrogens is 348 g/mol. The summed E-state index contributed by atoms with van der Waals surface area (Å²) in [7, 11) is -3.70. The van der Waals surface area contributed by atoms with Crippen LogP contribution < -0.4 is 10.5 Å². The van der Waals surface area contributed by atoms with Crippen LogP contribution in [0.5, 0.6) is 0 Å². The minimum absolute atomic E-state index is 0.104. The van der Waals surface area contributed by atoms with Gasteiger partial charge in [0, 0.05) is 16.6 Å². The Morgan fingerprint density at radius 2 is 1.67 bits per heavy atom. The van der Waals surface area contributed by atoms with Gasteiger partial charge in [0.25, 0.3) is 0 Å². The number of halogens is 1. The fourth-order valence-electron chi connectivity index (χ4n) is 2.57. The predicted octanol–water partition coefficient (Wildman–Crippen LogP) is 2.87. The number of primary amides is 1. The number of hydrogen-bond donors (Lipinski definition) is 2. The van der Waals surface area contributed by atoms with E-state index in [9.17, 15) is 13.2 Å². The van der Waals surface area contributed by atoms with Crippen LogP contribution in [0, 0.1) is 5.92 Å². The van der Waals surface area contributed by atoms with Crippen molar-refractivity contribution in [2.75, 3.05) is 0 Å². The highest BCUT2D eigenvalue weighted by atomic mass is 35.5. The van der Waals surface area contributed by atoms with Gasteiger partial charge in [0.2, 0.25) is 15.9 Å². The fourth-order valence-corrected chi connectivity index (χ4v) is 3.99. The quantitative estimate of drug-likeness (QED) is 0.825. The number of benzene rings is 2. The van der Waals surface area contributed by atoms with Gasteiger partial charge in [-0.2, -0.15) is 0 Å². The van der Waals surface area contributed by atoms with E-state index in [2.05, 4.69) is 4.72 Å². The Labute approximate surface area is 145 Å². The molecule has 0 aliphatic heterocycles. The first-order chi connectivity index (χ1) is 11.4. The maximum Gasteiger partial charge on any atom is 0.248 e. The number of sulfonamides is 1. The predicted molar refractivity (Wildman–Crippen MR) is 92.2 cm³/mol. The maximum atomic E-state index is 12.6. The van der Waals surface area contributed by atoms with Crippen molar-refractivity contribution < 1.29 is 13.2 Å². The molecule has 0 bridgehead atoms. The summed E-state index contributed by atoms with van der Waals surface area (Å²) in [5.74, 6) is -0.310. The first-order valence-electron chi connectivity index (χ1n) is 7.54. The SMILES string of the molecule is NC(=O)c1ccc(S(=O)(=O)NC(c2ccc(Cl)cc2)C2CC2)cc1. The van der Waals surface area contributed by atoms with E-state index in [1.807, 2.05) is 12.1 Å². The number of hydrogen-bond acceptors (Lipinski definition) is 3. The third-order valence-corrected chi connectivity index (χ3v) is 5.76. The molecule has 24 heavy (non-hydrogen) atoms. The van der Waals surface area contributed by atoms with Gasteiger partial charge in [-0.3, -0.25) is 4.79 Å². The molecule has 126 valence electrons. The van der Waals surface area contributed by atoms with E-state index < -0.39 is 15.9 Å². The van der Waals surface area contributed by atoms with Gasteiger partial charge < -0.3 is 5.73 Å². The van der Waals surface area contributed by atoms with E-state index in [4.69, 9.17) is 17.3 Å². The second-order valence-electron chi connectivity index (χ2n) is 5.88. The van der Waals surface area contributed by atoms with Crippen LogP contribution in [-0.4, -0.2) is 14.3 Å². The molecule has 1 aliphatic rings. The highest BCUT2D eigenvalue weighted by Gasteiger charge is 2.35. The van der Waals surface area contributed by atoms with Crippen molar-refractivity contribution in [3.63, 3.8) is 0 Å². The molecule has 0 aromatic heterocycles. The van der Waals surface area contributed by atoms with Gasteiger partial charge in [0.15, 0.2) is 0 Å². The summed E-state index contributed by atoms with van der Waals surface area (Å²) in [6.45, 7) is 0. The number of carbonyl (C=O) groups is 1. The molecule has 0 radical (unpaired) electrons. The molecule has 0 heterocycles. The van der Waals surface area contributed by atoms with Crippen molar-refractivity contribution in [3.05, 3.63) is 64.7 Å². The smallest absolute Gasteiger partial charge is 0.248 e. The fraction of sp³-hybridized carbons (Fsp3) is 0.235. The summed E-state index contributed by atoms with van der Waals surface area (Å²) >= 11 is 5.90. The van der Waals surface area contributed by atoms with Gasteiger partial charge in [-0.1, -0.05) is 23.7 Å². The first-order valence-corrected chi connectivity index (χ1v) is 9.40. The van der Waals surface area contributed by atoms with Crippen LogP contribution in [0.4, 0.5) is 0 Å². The number of nitrogens with one attached hydrogen (secondary N) is 1.